The van der Waals surface area contributed by atoms with Crippen molar-refractivity contribution in [3.05, 3.63) is 29.8 Å². The number of methoxy groups -OCH3 is 1. The maximum absolute atomic E-state index is 11.5. The molecule has 0 aromatic heterocycles. The Balaban J connectivity index is 2.55. The van der Waals surface area contributed by atoms with E-state index >= 15 is 0 Å². The summed E-state index contributed by atoms with van der Waals surface area (Å²) in [6.45, 7) is -9.48. The second kappa shape index (κ2) is 5.93. The number of ether oxygens (including phenoxy) is 1. The number of aliphatic hydroxyl groups is 1. The average Bonchev–Trinajstić information content (AvgIpc) is 2.50. The highest BCUT2D eigenvalue weighted by Gasteiger charge is 2.40. The van der Waals surface area contributed by atoms with Gasteiger partial charge in [0.05, 0.1) is 16.8 Å². The summed E-state index contributed by atoms with van der Waals surface area (Å²) in [5.41, 5.74) is -1.79. The molecule has 1 N–H and O–H groups in total. The molecule has 0 spiro atoms. The first-order chi connectivity index (χ1) is 13.4. The van der Waals surface area contributed by atoms with E-state index in [4.69, 9.17) is 19.8 Å². The summed E-state index contributed by atoms with van der Waals surface area (Å²) in [6, 6.07) is 5.51. The van der Waals surface area contributed by atoms with Crippen LogP contribution >= 0.6 is 0 Å². The molecule has 0 unspecified atom stereocenters. The normalized spacial score (nSPS) is 38.8. The van der Waals surface area contributed by atoms with Crippen LogP contribution in [0, 0.1) is 5.92 Å². The molecule has 0 saturated heterocycles. The lowest BCUT2D eigenvalue weighted by atomic mass is 9.71. The molecule has 1 saturated carbocycles. The summed E-state index contributed by atoms with van der Waals surface area (Å²) >= 11 is 0. The zero-order valence-corrected chi connectivity index (χ0v) is 10.5. The van der Waals surface area contributed by atoms with E-state index in [-0.39, 0.29) is 29.1 Å². The summed E-state index contributed by atoms with van der Waals surface area (Å²) in [6.07, 6.45) is 1.05. The second-order valence-electron chi connectivity index (χ2n) is 4.82. The molecule has 0 bridgehead atoms. The molecule has 1 fully saturated rings. The maximum atomic E-state index is 11.5. The van der Waals surface area contributed by atoms with Crippen molar-refractivity contribution in [2.45, 2.75) is 31.3 Å². The fraction of sp³-hybridized carbons (Fsp3) is 0.625. The van der Waals surface area contributed by atoms with Gasteiger partial charge in [0.2, 0.25) is 0 Å². The van der Waals surface area contributed by atoms with Crippen LogP contribution in [0.5, 0.6) is 5.75 Å². The van der Waals surface area contributed by atoms with E-state index in [1.165, 1.54) is 24.3 Å². The Bertz CT molecular complexity index is 730. The SMILES string of the molecule is [2H]C([2H])([2H])Oc1cccc([C@]2(O)CCCC[C@H]2C([2H])([2H])N(C([2H])([2H])[2H])C([2H])([2H])[2H])c1. The Morgan fingerprint density at radius 1 is 1.53 bits per heavy atom. The predicted molar refractivity (Wildman–Crippen MR) is 77.4 cm³/mol. The van der Waals surface area contributed by atoms with Crippen molar-refractivity contribution in [1.82, 2.24) is 4.90 Å². The molecule has 19 heavy (non-hydrogen) atoms. The summed E-state index contributed by atoms with van der Waals surface area (Å²) in [7, 11) is -2.73. The van der Waals surface area contributed by atoms with Gasteiger partial charge in [0, 0.05) is 23.4 Å². The van der Waals surface area contributed by atoms with Crippen molar-refractivity contribution in [3.63, 3.8) is 0 Å². The van der Waals surface area contributed by atoms with E-state index in [2.05, 4.69) is 0 Å². The Labute approximate surface area is 131 Å². The van der Waals surface area contributed by atoms with Gasteiger partial charge in [-0.05, 0) is 44.5 Å². The third-order valence-electron chi connectivity index (χ3n) is 3.61. The molecule has 1 aromatic rings. The fourth-order valence-electron chi connectivity index (χ4n) is 2.66. The third-order valence-corrected chi connectivity index (χ3v) is 3.61. The van der Waals surface area contributed by atoms with Crippen molar-refractivity contribution in [2.24, 2.45) is 5.92 Å². The third kappa shape index (κ3) is 3.10. The smallest absolute Gasteiger partial charge is 0.119 e. The van der Waals surface area contributed by atoms with Gasteiger partial charge in [-0.15, -0.1) is 0 Å². The zero-order valence-electron chi connectivity index (χ0n) is 21.5. The minimum atomic E-state index is -3.28. The topological polar surface area (TPSA) is 32.7 Å². The van der Waals surface area contributed by atoms with Crippen molar-refractivity contribution in [2.75, 3.05) is 27.5 Å². The number of hydrogen-bond donors (Lipinski definition) is 1. The molecule has 0 amide bonds. The molecule has 0 heterocycles. The molecular formula is C16H25NO2. The van der Waals surface area contributed by atoms with Crippen LogP contribution in [0.25, 0.3) is 0 Å². The van der Waals surface area contributed by atoms with Crippen LogP contribution in [0.15, 0.2) is 24.3 Å². The molecule has 1 aliphatic rings. The average molecular weight is 274 g/mol. The Morgan fingerprint density at radius 3 is 3.21 bits per heavy atom. The van der Waals surface area contributed by atoms with Gasteiger partial charge < -0.3 is 14.7 Å². The molecule has 3 nitrogen and oxygen atoms in total. The standard InChI is InChI=1S/C16H25NO2/c1-17(2)12-14-7-4-5-10-16(14,18)13-8-6-9-15(11-13)19-3/h6,8-9,11,14,18H,4-5,7,10,12H2,1-3H3/t14-,16+/m0/s1/i1D3,2D3,3D3,12D2. The Morgan fingerprint density at radius 2 is 2.42 bits per heavy atom. The van der Waals surface area contributed by atoms with Crippen LogP contribution in [-0.2, 0) is 5.60 Å². The minimum Gasteiger partial charge on any atom is -0.497 e. The van der Waals surface area contributed by atoms with Crippen molar-refractivity contribution >= 4 is 0 Å². The van der Waals surface area contributed by atoms with Gasteiger partial charge in [-0.25, -0.2) is 0 Å². The second-order valence-corrected chi connectivity index (χ2v) is 4.82. The highest BCUT2D eigenvalue weighted by atomic mass is 16.5. The van der Waals surface area contributed by atoms with Crippen LogP contribution in [0.4, 0.5) is 0 Å². The number of benzene rings is 1. The van der Waals surface area contributed by atoms with Crippen molar-refractivity contribution in [1.29, 1.82) is 0 Å². The van der Waals surface area contributed by atoms with Crippen LogP contribution in [0.1, 0.15) is 46.3 Å². The first-order valence-corrected chi connectivity index (χ1v) is 6.21. The lowest BCUT2D eigenvalue weighted by molar-refractivity contribution is -0.0619. The molecule has 1 aliphatic carbocycles. The van der Waals surface area contributed by atoms with E-state index < -0.39 is 39.0 Å². The minimum absolute atomic E-state index is 0.0382. The summed E-state index contributed by atoms with van der Waals surface area (Å²) in [5.74, 6) is -1.48. The lowest BCUT2D eigenvalue weighted by Crippen LogP contribution is -2.43. The molecule has 1 aromatic carbocycles. The molecule has 106 valence electrons. The van der Waals surface area contributed by atoms with Gasteiger partial charge in [0.25, 0.3) is 0 Å². The molecule has 0 radical (unpaired) electrons. The van der Waals surface area contributed by atoms with Crippen LogP contribution in [0.2, 0.25) is 0 Å². The molecular weight excluding hydrogens is 238 g/mol. The predicted octanol–water partition coefficient (Wildman–Crippen LogP) is 2.63. The summed E-state index contributed by atoms with van der Waals surface area (Å²) < 4.78 is 89.0. The molecule has 2 atom stereocenters. The largest absolute Gasteiger partial charge is 0.497 e. The number of hydrogen-bond acceptors (Lipinski definition) is 3. The van der Waals surface area contributed by atoms with Gasteiger partial charge in [0.15, 0.2) is 0 Å². The van der Waals surface area contributed by atoms with Gasteiger partial charge >= 0.3 is 0 Å². The lowest BCUT2D eigenvalue weighted by Gasteiger charge is -2.41. The van der Waals surface area contributed by atoms with Gasteiger partial charge in [0.1, 0.15) is 5.75 Å². The highest BCUT2D eigenvalue weighted by molar-refractivity contribution is 5.33. The quantitative estimate of drug-likeness (QED) is 0.916. The van der Waals surface area contributed by atoms with Gasteiger partial charge in [-0.1, -0.05) is 25.0 Å². The van der Waals surface area contributed by atoms with Crippen LogP contribution in [-0.4, -0.2) is 37.5 Å². The highest BCUT2D eigenvalue weighted by Crippen LogP contribution is 2.42. The van der Waals surface area contributed by atoms with E-state index in [9.17, 15) is 5.11 Å². The molecule has 3 heteroatoms. The first-order valence-electron chi connectivity index (χ1n) is 11.7. The van der Waals surface area contributed by atoms with Crippen LogP contribution < -0.4 is 4.74 Å². The van der Waals surface area contributed by atoms with E-state index in [0.717, 1.165) is 0 Å². The summed E-state index contributed by atoms with van der Waals surface area (Å²) in [5, 5.41) is 11.5. The number of rotatable bonds is 4. The Hall–Kier alpha value is -1.06. The number of nitrogens with zero attached hydrogens (tertiary/aromatic N) is 1. The Kier molecular flexibility index (Phi) is 1.79. The van der Waals surface area contributed by atoms with Crippen molar-refractivity contribution in [3.8, 4) is 5.75 Å². The molecule has 0 aliphatic heterocycles. The first kappa shape index (κ1) is 5.74. The zero-order chi connectivity index (χ0) is 23.2. The van der Waals surface area contributed by atoms with Gasteiger partial charge in [-0.3, -0.25) is 0 Å². The van der Waals surface area contributed by atoms with Crippen LogP contribution in [0.3, 0.4) is 0 Å². The fourth-order valence-corrected chi connectivity index (χ4v) is 2.66. The van der Waals surface area contributed by atoms with E-state index in [0.29, 0.717) is 12.8 Å². The van der Waals surface area contributed by atoms with Crippen molar-refractivity contribution < 1.29 is 24.9 Å². The van der Waals surface area contributed by atoms with Gasteiger partial charge in [-0.2, -0.15) is 0 Å². The van der Waals surface area contributed by atoms with E-state index in [1.54, 1.807) is 0 Å². The van der Waals surface area contributed by atoms with E-state index in [1.807, 2.05) is 0 Å². The monoisotopic (exact) mass is 274 g/mol. The summed E-state index contributed by atoms with van der Waals surface area (Å²) in [4.78, 5) is -0.142. The molecule has 2 rings (SSSR count). The maximum Gasteiger partial charge on any atom is 0.119 e.